The summed E-state index contributed by atoms with van der Waals surface area (Å²) in [4.78, 5) is 21.6. The van der Waals surface area contributed by atoms with Crippen LogP contribution in [0.25, 0.3) is 0 Å². The number of ketones is 1. The summed E-state index contributed by atoms with van der Waals surface area (Å²) in [5.74, 6) is -0.537. The number of hydrogen-bond donors (Lipinski definition) is 1. The van der Waals surface area contributed by atoms with Gasteiger partial charge in [-0.15, -0.1) is 0 Å². The van der Waals surface area contributed by atoms with Crippen molar-refractivity contribution in [3.63, 3.8) is 0 Å². The van der Waals surface area contributed by atoms with Crippen molar-refractivity contribution in [2.75, 3.05) is 7.11 Å². The van der Waals surface area contributed by atoms with Crippen molar-refractivity contribution in [2.45, 2.75) is 18.4 Å². The Morgan fingerprint density at radius 3 is 2.93 bits per heavy atom. The van der Waals surface area contributed by atoms with E-state index < -0.39 is 11.6 Å². The smallest absolute Gasteiger partial charge is 0.330 e. The van der Waals surface area contributed by atoms with Crippen LogP contribution < -0.4 is 0 Å². The van der Waals surface area contributed by atoms with E-state index in [1.165, 1.54) is 25.3 Å². The van der Waals surface area contributed by atoms with Crippen LogP contribution in [-0.2, 0) is 14.3 Å². The molecule has 0 saturated heterocycles. The van der Waals surface area contributed by atoms with Crippen LogP contribution in [0.3, 0.4) is 0 Å². The molecule has 0 fully saturated rings. The predicted molar refractivity (Wildman–Crippen MR) is 49.5 cm³/mol. The number of esters is 1. The Kier molecular flexibility index (Phi) is 3.19. The molecule has 1 aliphatic rings. The Hall–Kier alpha value is -1.42. The summed E-state index contributed by atoms with van der Waals surface area (Å²) in [6, 6.07) is 0. The highest BCUT2D eigenvalue weighted by Crippen LogP contribution is 2.21. The fourth-order valence-corrected chi connectivity index (χ4v) is 1.15. The van der Waals surface area contributed by atoms with E-state index in [4.69, 9.17) is 0 Å². The van der Waals surface area contributed by atoms with E-state index in [1.807, 2.05) is 0 Å². The molecular formula is C10H12O4. The molecule has 0 aromatic heterocycles. The van der Waals surface area contributed by atoms with Gasteiger partial charge in [0.1, 0.15) is 5.60 Å². The summed E-state index contributed by atoms with van der Waals surface area (Å²) < 4.78 is 4.38. The summed E-state index contributed by atoms with van der Waals surface area (Å²) in [7, 11) is 1.26. The van der Waals surface area contributed by atoms with Crippen molar-refractivity contribution in [3.8, 4) is 0 Å². The first-order valence-electron chi connectivity index (χ1n) is 4.27. The fraction of sp³-hybridized carbons (Fsp3) is 0.400. The molecule has 76 valence electrons. The van der Waals surface area contributed by atoms with E-state index in [2.05, 4.69) is 4.74 Å². The molecule has 1 rings (SSSR count). The molecule has 1 unspecified atom stereocenters. The summed E-state index contributed by atoms with van der Waals surface area (Å²) in [5, 5.41) is 9.80. The molecule has 1 atom stereocenters. The zero-order valence-corrected chi connectivity index (χ0v) is 7.90. The molecule has 0 heterocycles. The molecular weight excluding hydrogens is 184 g/mol. The zero-order valence-electron chi connectivity index (χ0n) is 7.90. The summed E-state index contributed by atoms with van der Waals surface area (Å²) in [6.45, 7) is 0. The van der Waals surface area contributed by atoms with Crippen LogP contribution >= 0.6 is 0 Å². The van der Waals surface area contributed by atoms with Gasteiger partial charge in [0.05, 0.1) is 7.11 Å². The maximum atomic E-state index is 10.8. The molecule has 0 spiro atoms. The van der Waals surface area contributed by atoms with Gasteiger partial charge in [-0.05, 0) is 24.6 Å². The minimum atomic E-state index is -1.19. The van der Waals surface area contributed by atoms with E-state index in [0.717, 1.165) is 6.08 Å². The number of rotatable bonds is 2. The van der Waals surface area contributed by atoms with Gasteiger partial charge in [0.25, 0.3) is 0 Å². The minimum Gasteiger partial charge on any atom is -0.466 e. The third kappa shape index (κ3) is 2.81. The normalized spacial score (nSPS) is 26.9. The first kappa shape index (κ1) is 10.7. The largest absolute Gasteiger partial charge is 0.466 e. The molecule has 4 heteroatoms. The first-order valence-corrected chi connectivity index (χ1v) is 4.27. The number of carbonyl (C=O) groups excluding carboxylic acids is 2. The minimum absolute atomic E-state index is 0.0128. The number of aliphatic hydroxyl groups is 1. The van der Waals surface area contributed by atoms with Gasteiger partial charge in [0.2, 0.25) is 0 Å². The van der Waals surface area contributed by atoms with Gasteiger partial charge >= 0.3 is 5.97 Å². The topological polar surface area (TPSA) is 63.6 Å². The maximum Gasteiger partial charge on any atom is 0.330 e. The zero-order chi connectivity index (χ0) is 10.6. The van der Waals surface area contributed by atoms with Gasteiger partial charge < -0.3 is 9.84 Å². The number of carbonyl (C=O) groups is 2. The Labute approximate surface area is 81.9 Å². The summed E-state index contributed by atoms with van der Waals surface area (Å²) in [6.07, 6.45) is 5.79. The molecule has 0 bridgehead atoms. The van der Waals surface area contributed by atoms with Gasteiger partial charge in [-0.1, -0.05) is 0 Å². The molecule has 0 saturated carbocycles. The lowest BCUT2D eigenvalue weighted by Crippen LogP contribution is -2.27. The van der Waals surface area contributed by atoms with Gasteiger partial charge in [-0.25, -0.2) is 4.79 Å². The van der Waals surface area contributed by atoms with Crippen molar-refractivity contribution in [3.05, 3.63) is 24.3 Å². The number of methoxy groups -OCH3 is 1. The van der Waals surface area contributed by atoms with E-state index in [0.29, 0.717) is 12.8 Å². The highest BCUT2D eigenvalue weighted by Gasteiger charge is 2.24. The van der Waals surface area contributed by atoms with Crippen LogP contribution in [0.2, 0.25) is 0 Å². The van der Waals surface area contributed by atoms with Crippen LogP contribution in [0.1, 0.15) is 12.8 Å². The SMILES string of the molecule is COC(=O)/C=C/C1(O)C=CC(=O)CC1. The molecule has 0 aliphatic heterocycles. The average Bonchev–Trinajstić information content (AvgIpc) is 2.20. The quantitative estimate of drug-likeness (QED) is 0.511. The number of ether oxygens (including phenoxy) is 1. The van der Waals surface area contributed by atoms with Crippen LogP contribution in [0.15, 0.2) is 24.3 Å². The third-order valence-corrected chi connectivity index (χ3v) is 2.04. The van der Waals surface area contributed by atoms with E-state index in [-0.39, 0.29) is 5.78 Å². The van der Waals surface area contributed by atoms with Crippen LogP contribution in [0, 0.1) is 0 Å². The molecule has 1 aliphatic carbocycles. The second-order valence-electron chi connectivity index (χ2n) is 3.15. The van der Waals surface area contributed by atoms with Crippen molar-refractivity contribution < 1.29 is 19.4 Å². The third-order valence-electron chi connectivity index (χ3n) is 2.04. The lowest BCUT2D eigenvalue weighted by atomic mass is 9.90. The van der Waals surface area contributed by atoms with Crippen LogP contribution in [0.5, 0.6) is 0 Å². The monoisotopic (exact) mass is 196 g/mol. The Morgan fingerprint density at radius 1 is 1.71 bits per heavy atom. The Morgan fingerprint density at radius 2 is 2.43 bits per heavy atom. The van der Waals surface area contributed by atoms with E-state index >= 15 is 0 Å². The van der Waals surface area contributed by atoms with Crippen molar-refractivity contribution >= 4 is 11.8 Å². The van der Waals surface area contributed by atoms with E-state index in [9.17, 15) is 14.7 Å². The lowest BCUT2D eigenvalue weighted by molar-refractivity contribution is -0.134. The van der Waals surface area contributed by atoms with E-state index in [1.54, 1.807) is 0 Å². The second kappa shape index (κ2) is 4.19. The highest BCUT2D eigenvalue weighted by atomic mass is 16.5. The van der Waals surface area contributed by atoms with Crippen molar-refractivity contribution in [1.29, 1.82) is 0 Å². The molecule has 4 nitrogen and oxygen atoms in total. The summed E-state index contributed by atoms with van der Waals surface area (Å²) in [5.41, 5.74) is -1.19. The first-order chi connectivity index (χ1) is 6.56. The number of allylic oxidation sites excluding steroid dienone is 1. The maximum absolute atomic E-state index is 10.8. The molecule has 0 aromatic carbocycles. The fourth-order valence-electron chi connectivity index (χ4n) is 1.15. The molecule has 0 amide bonds. The highest BCUT2D eigenvalue weighted by molar-refractivity contribution is 5.91. The molecule has 0 radical (unpaired) electrons. The van der Waals surface area contributed by atoms with Crippen molar-refractivity contribution in [2.24, 2.45) is 0 Å². The van der Waals surface area contributed by atoms with Gasteiger partial charge in [0.15, 0.2) is 5.78 Å². The predicted octanol–water partition coefficient (Wildman–Crippen LogP) is 0.366. The Balaban J connectivity index is 2.68. The second-order valence-corrected chi connectivity index (χ2v) is 3.15. The standard InChI is InChI=1S/C10H12O4/c1-14-9(12)4-7-10(13)5-2-8(11)3-6-10/h2,4-5,7,13H,3,6H2,1H3/b7-4+. The average molecular weight is 196 g/mol. The van der Waals surface area contributed by atoms with Gasteiger partial charge in [-0.3, -0.25) is 4.79 Å². The lowest BCUT2D eigenvalue weighted by Gasteiger charge is -2.22. The Bertz CT molecular complexity index is 303. The molecule has 1 N–H and O–H groups in total. The van der Waals surface area contributed by atoms with Gasteiger partial charge in [-0.2, -0.15) is 0 Å². The molecule has 14 heavy (non-hydrogen) atoms. The summed E-state index contributed by atoms with van der Waals surface area (Å²) >= 11 is 0. The van der Waals surface area contributed by atoms with Crippen molar-refractivity contribution in [1.82, 2.24) is 0 Å². The molecule has 0 aromatic rings. The van der Waals surface area contributed by atoms with Crippen LogP contribution in [-0.4, -0.2) is 29.6 Å². The van der Waals surface area contributed by atoms with Crippen LogP contribution in [0.4, 0.5) is 0 Å². The number of hydrogen-bond acceptors (Lipinski definition) is 4. The van der Waals surface area contributed by atoms with Gasteiger partial charge in [0, 0.05) is 12.5 Å².